The number of aromatic nitrogens is 6. The molecule has 0 unspecified atom stereocenters. The maximum Gasteiger partial charge on any atom is 0.155 e. The molecule has 8 heteroatoms. The number of nitrogens with zero attached hydrogens (tertiary/aromatic N) is 6. The van der Waals surface area contributed by atoms with Gasteiger partial charge >= 0.3 is 0 Å². The van der Waals surface area contributed by atoms with E-state index in [9.17, 15) is 0 Å². The third kappa shape index (κ3) is 4.43. The Hall–Kier alpha value is -5.18. The van der Waals surface area contributed by atoms with Crippen molar-refractivity contribution in [3.05, 3.63) is 134 Å². The van der Waals surface area contributed by atoms with Crippen molar-refractivity contribution in [1.82, 2.24) is 29.5 Å². The van der Waals surface area contributed by atoms with Gasteiger partial charge in [0.1, 0.15) is 21.4 Å². The van der Waals surface area contributed by atoms with Gasteiger partial charge in [0.05, 0.1) is 22.5 Å². The molecule has 6 nitrogen and oxygen atoms in total. The molecule has 0 aliphatic carbocycles. The Labute approximate surface area is 249 Å². The molecule has 4 aromatic heterocycles. The highest BCUT2D eigenvalue weighted by Gasteiger charge is 2.22. The first-order valence-electron chi connectivity index (χ1n) is 13.5. The Morgan fingerprint density at radius 2 is 0.786 bits per heavy atom. The molecule has 0 atom stereocenters. The Morgan fingerprint density at radius 1 is 0.429 bits per heavy atom. The predicted molar refractivity (Wildman–Crippen MR) is 171 cm³/mol. The summed E-state index contributed by atoms with van der Waals surface area (Å²) >= 11 is 3.19. The maximum atomic E-state index is 5.08. The Bertz CT molecular complexity index is 1940. The molecule has 42 heavy (non-hydrogen) atoms. The van der Waals surface area contributed by atoms with Crippen LogP contribution in [-0.4, -0.2) is 29.5 Å². The minimum atomic E-state index is 0.900. The van der Waals surface area contributed by atoms with Crippen LogP contribution in [0.3, 0.4) is 0 Å². The van der Waals surface area contributed by atoms with E-state index in [1.165, 1.54) is 0 Å². The van der Waals surface area contributed by atoms with Crippen LogP contribution in [0.25, 0.3) is 64.7 Å². The first-order valence-corrected chi connectivity index (χ1v) is 15.1. The van der Waals surface area contributed by atoms with Gasteiger partial charge in [-0.15, -0.1) is 0 Å². The SMILES string of the molecule is c1ccc(-c2nn(-c3ccccc3)cc2-c2nc3sc(-c4cn(-c5ccccc5)nc4-c4ccccc4)nc3s2)cc1. The van der Waals surface area contributed by atoms with Crippen LogP contribution in [0.15, 0.2) is 134 Å². The van der Waals surface area contributed by atoms with Gasteiger partial charge in [0, 0.05) is 23.5 Å². The first kappa shape index (κ1) is 24.6. The maximum absolute atomic E-state index is 5.08. The number of para-hydroxylation sites is 2. The molecule has 4 heterocycles. The summed E-state index contributed by atoms with van der Waals surface area (Å²) in [6.07, 6.45) is 4.14. The number of hydrogen-bond donors (Lipinski definition) is 0. The third-order valence-corrected chi connectivity index (χ3v) is 9.10. The van der Waals surface area contributed by atoms with Gasteiger partial charge in [0.25, 0.3) is 0 Å². The van der Waals surface area contributed by atoms with E-state index >= 15 is 0 Å². The zero-order valence-electron chi connectivity index (χ0n) is 22.2. The second-order valence-corrected chi connectivity index (χ2v) is 11.7. The van der Waals surface area contributed by atoms with Gasteiger partial charge in [-0.1, -0.05) is 120 Å². The summed E-state index contributed by atoms with van der Waals surface area (Å²) in [7, 11) is 0. The highest BCUT2D eigenvalue weighted by molar-refractivity contribution is 7.29. The molecule has 0 aliphatic heterocycles. The smallest absolute Gasteiger partial charge is 0.155 e. The average Bonchev–Trinajstić information content (AvgIpc) is 3.85. The summed E-state index contributed by atoms with van der Waals surface area (Å²) in [5, 5.41) is 11.8. The summed E-state index contributed by atoms with van der Waals surface area (Å²) in [5.41, 5.74) is 7.89. The van der Waals surface area contributed by atoms with Crippen molar-refractivity contribution in [2.24, 2.45) is 0 Å². The molecule has 4 aromatic carbocycles. The Kier molecular flexibility index (Phi) is 6.05. The largest absolute Gasteiger partial charge is 0.240 e. The van der Waals surface area contributed by atoms with E-state index in [1.54, 1.807) is 22.7 Å². The van der Waals surface area contributed by atoms with E-state index in [0.29, 0.717) is 0 Å². The molecule has 0 saturated carbocycles. The average molecular weight is 579 g/mol. The molecule has 0 spiro atoms. The fourth-order valence-electron chi connectivity index (χ4n) is 4.98. The van der Waals surface area contributed by atoms with Crippen LogP contribution in [0.1, 0.15) is 0 Å². The number of fused-ring (bicyclic) bond motifs is 1. The van der Waals surface area contributed by atoms with Crippen molar-refractivity contribution in [2.45, 2.75) is 0 Å². The molecule has 0 radical (unpaired) electrons. The molecule has 0 N–H and O–H groups in total. The van der Waals surface area contributed by atoms with Gasteiger partial charge in [-0.3, -0.25) is 0 Å². The van der Waals surface area contributed by atoms with Gasteiger partial charge in [0.2, 0.25) is 0 Å². The normalized spacial score (nSPS) is 11.3. The van der Waals surface area contributed by atoms with Gasteiger partial charge in [-0.05, 0) is 24.3 Å². The molecule has 8 rings (SSSR count). The summed E-state index contributed by atoms with van der Waals surface area (Å²) < 4.78 is 3.85. The minimum Gasteiger partial charge on any atom is -0.240 e. The van der Waals surface area contributed by atoms with Crippen molar-refractivity contribution >= 4 is 32.3 Å². The molecule has 0 saturated heterocycles. The lowest BCUT2D eigenvalue weighted by molar-refractivity contribution is 0.884. The van der Waals surface area contributed by atoms with E-state index in [2.05, 4.69) is 60.9 Å². The van der Waals surface area contributed by atoms with Crippen molar-refractivity contribution in [1.29, 1.82) is 0 Å². The topological polar surface area (TPSA) is 61.4 Å². The summed E-state index contributed by atoms with van der Waals surface area (Å²) in [6, 6.07) is 40.9. The first-order chi connectivity index (χ1) is 20.8. The van der Waals surface area contributed by atoms with Gasteiger partial charge in [-0.25, -0.2) is 19.3 Å². The van der Waals surface area contributed by atoms with Gasteiger partial charge in [-0.2, -0.15) is 10.2 Å². The molecule has 200 valence electrons. The van der Waals surface area contributed by atoms with Crippen molar-refractivity contribution in [3.8, 4) is 55.0 Å². The van der Waals surface area contributed by atoms with Gasteiger partial charge in [0.15, 0.2) is 9.66 Å². The number of benzene rings is 4. The van der Waals surface area contributed by atoms with Crippen LogP contribution in [-0.2, 0) is 0 Å². The second kappa shape index (κ2) is 10.3. The lowest BCUT2D eigenvalue weighted by atomic mass is 10.1. The van der Waals surface area contributed by atoms with E-state index in [0.717, 1.165) is 64.7 Å². The summed E-state index contributed by atoms with van der Waals surface area (Å²) in [5.74, 6) is 0. The fourth-order valence-corrected chi connectivity index (χ4v) is 7.04. The van der Waals surface area contributed by atoms with E-state index < -0.39 is 0 Å². The molecule has 0 amide bonds. The quantitative estimate of drug-likeness (QED) is 0.198. The van der Waals surface area contributed by atoms with Gasteiger partial charge < -0.3 is 0 Å². The van der Waals surface area contributed by atoms with Crippen molar-refractivity contribution in [3.63, 3.8) is 0 Å². The van der Waals surface area contributed by atoms with Crippen LogP contribution < -0.4 is 0 Å². The zero-order chi connectivity index (χ0) is 27.9. The lowest BCUT2D eigenvalue weighted by Crippen LogP contribution is -1.93. The van der Waals surface area contributed by atoms with Crippen LogP contribution in [0.4, 0.5) is 0 Å². The van der Waals surface area contributed by atoms with Crippen LogP contribution in [0.5, 0.6) is 0 Å². The minimum absolute atomic E-state index is 0.900. The molecular formula is C34H22N6S2. The zero-order valence-corrected chi connectivity index (χ0v) is 23.8. The van der Waals surface area contributed by atoms with Crippen LogP contribution >= 0.6 is 22.7 Å². The van der Waals surface area contributed by atoms with Crippen molar-refractivity contribution < 1.29 is 0 Å². The number of hydrogen-bond acceptors (Lipinski definition) is 6. The highest BCUT2D eigenvalue weighted by atomic mass is 32.1. The molecule has 0 aliphatic rings. The highest BCUT2D eigenvalue weighted by Crippen LogP contribution is 2.42. The predicted octanol–water partition coefficient (Wildman–Crippen LogP) is 8.79. The molecule has 0 fully saturated rings. The standard InChI is InChI=1S/C34H22N6S2/c1-5-13-23(14-6-1)29-27(21-39(37-29)25-17-9-3-10-18-25)31-35-33-34(41-31)36-32(42-33)28-22-40(26-19-11-4-12-20-26)38-30(28)24-15-7-2-8-16-24/h1-22H. The molecule has 8 aromatic rings. The van der Waals surface area contributed by atoms with E-state index in [1.807, 2.05) is 82.2 Å². The van der Waals surface area contributed by atoms with Crippen LogP contribution in [0.2, 0.25) is 0 Å². The fraction of sp³-hybridized carbons (Fsp3) is 0. The molecular weight excluding hydrogens is 557 g/mol. The molecule has 0 bridgehead atoms. The Morgan fingerprint density at radius 3 is 1.17 bits per heavy atom. The van der Waals surface area contributed by atoms with E-state index in [4.69, 9.17) is 20.2 Å². The number of rotatable bonds is 6. The third-order valence-electron chi connectivity index (χ3n) is 7.00. The summed E-state index contributed by atoms with van der Waals surface area (Å²) in [6.45, 7) is 0. The monoisotopic (exact) mass is 578 g/mol. The van der Waals surface area contributed by atoms with Crippen molar-refractivity contribution in [2.75, 3.05) is 0 Å². The lowest BCUT2D eigenvalue weighted by Gasteiger charge is -2.00. The van der Waals surface area contributed by atoms with E-state index in [-0.39, 0.29) is 0 Å². The number of thiazole rings is 2. The summed E-state index contributed by atoms with van der Waals surface area (Å²) in [4.78, 5) is 12.0. The van der Waals surface area contributed by atoms with Crippen LogP contribution in [0, 0.1) is 0 Å². The Balaban J connectivity index is 1.23. The second-order valence-electron chi connectivity index (χ2n) is 9.72.